The predicted molar refractivity (Wildman–Crippen MR) is 161 cm³/mol. The van der Waals surface area contributed by atoms with E-state index in [0.717, 1.165) is 37.8 Å². The topological polar surface area (TPSA) is 92.7 Å². The van der Waals surface area contributed by atoms with Crippen LogP contribution in [0.1, 0.15) is 83.6 Å². The Morgan fingerprint density at radius 2 is 1.30 bits per heavy atom. The van der Waals surface area contributed by atoms with Gasteiger partial charge < -0.3 is 15.2 Å². The first kappa shape index (κ1) is 31.2. The van der Waals surface area contributed by atoms with Crippen LogP contribution in [-0.4, -0.2) is 25.5 Å². The maximum Gasteiger partial charge on any atom is 0.265 e. The van der Waals surface area contributed by atoms with Gasteiger partial charge >= 0.3 is 0 Å². The van der Waals surface area contributed by atoms with Gasteiger partial charge in [0.05, 0.1) is 9.79 Å². The van der Waals surface area contributed by atoms with Gasteiger partial charge in [-0.15, -0.1) is 0 Å². The molecule has 0 aliphatic rings. The molecule has 3 rings (SSSR count). The first-order valence-electron chi connectivity index (χ1n) is 14.5. The fraction of sp³-hybridized carbons (Fsp3) is 0.424. The number of carbonyl (C=O) groups is 1. The number of aryl methyl sites for hydroxylation is 1. The average molecular weight is 566 g/mol. The number of ether oxygens (including phenoxy) is 1. The first-order valence-corrected chi connectivity index (χ1v) is 16.0. The van der Waals surface area contributed by atoms with Crippen molar-refractivity contribution in [2.24, 2.45) is 0 Å². The van der Waals surface area contributed by atoms with Gasteiger partial charge in [-0.1, -0.05) is 77.3 Å². The van der Waals surface area contributed by atoms with Crippen LogP contribution in [0, 0.1) is 0 Å². The quantitative estimate of drug-likeness (QED) is 0.161. The second kappa shape index (κ2) is 16.1. The van der Waals surface area contributed by atoms with Gasteiger partial charge in [0.2, 0.25) is 9.84 Å². The Morgan fingerprint density at radius 1 is 0.750 bits per heavy atom. The number of amides is 1. The lowest BCUT2D eigenvalue weighted by molar-refractivity contribution is -0.123. The van der Waals surface area contributed by atoms with Crippen LogP contribution < -0.4 is 10.1 Å². The van der Waals surface area contributed by atoms with Crippen molar-refractivity contribution in [2.75, 3.05) is 5.32 Å². The van der Waals surface area contributed by atoms with Crippen LogP contribution >= 0.6 is 0 Å². The van der Waals surface area contributed by atoms with Crippen molar-refractivity contribution in [3.8, 4) is 11.5 Å². The van der Waals surface area contributed by atoms with Crippen LogP contribution in [0.25, 0.3) is 0 Å². The molecule has 0 aromatic heterocycles. The molecule has 0 radical (unpaired) electrons. The number of anilines is 1. The SMILES string of the molecule is CCCCCCCCCCC(Oc1ccc(S(=O)(=O)c2ccc(O)cc2)cc1)C(=O)Nc1ccc(CCC)cc1. The van der Waals surface area contributed by atoms with E-state index in [1.54, 1.807) is 12.1 Å². The number of benzene rings is 3. The normalized spacial score (nSPS) is 12.2. The summed E-state index contributed by atoms with van der Waals surface area (Å²) in [6.07, 6.45) is 11.2. The van der Waals surface area contributed by atoms with Crippen molar-refractivity contribution in [3.63, 3.8) is 0 Å². The molecule has 7 heteroatoms. The second-order valence-corrected chi connectivity index (χ2v) is 12.2. The van der Waals surface area contributed by atoms with Gasteiger partial charge in [0.25, 0.3) is 5.91 Å². The third-order valence-electron chi connectivity index (χ3n) is 6.93. The van der Waals surface area contributed by atoms with E-state index in [2.05, 4.69) is 19.2 Å². The average Bonchev–Trinajstić information content (AvgIpc) is 2.95. The number of carbonyl (C=O) groups excluding carboxylic acids is 1. The fourth-order valence-corrected chi connectivity index (χ4v) is 5.86. The molecule has 216 valence electrons. The van der Waals surface area contributed by atoms with E-state index in [0.29, 0.717) is 12.2 Å². The van der Waals surface area contributed by atoms with Gasteiger partial charge in [-0.3, -0.25) is 4.79 Å². The lowest BCUT2D eigenvalue weighted by atomic mass is 10.0. The molecule has 1 atom stereocenters. The van der Waals surface area contributed by atoms with Gasteiger partial charge in [-0.25, -0.2) is 8.42 Å². The Morgan fingerprint density at radius 3 is 1.88 bits per heavy atom. The molecule has 0 bridgehead atoms. The largest absolute Gasteiger partial charge is 0.508 e. The molecule has 0 spiro atoms. The number of aromatic hydroxyl groups is 1. The maximum atomic E-state index is 13.3. The van der Waals surface area contributed by atoms with E-state index < -0.39 is 15.9 Å². The van der Waals surface area contributed by atoms with Crippen LogP contribution in [-0.2, 0) is 21.1 Å². The number of hydrogen-bond donors (Lipinski definition) is 2. The minimum Gasteiger partial charge on any atom is -0.508 e. The summed E-state index contributed by atoms with van der Waals surface area (Å²) < 4.78 is 32.0. The van der Waals surface area contributed by atoms with Crippen LogP contribution in [0.2, 0.25) is 0 Å². The summed E-state index contributed by atoms with van der Waals surface area (Å²) in [4.78, 5) is 13.5. The standard InChI is InChI=1S/C33H43NO5S/c1-3-5-6-7-8-9-10-11-13-32(33(36)34-27-16-14-26(12-4-2)15-17-27)39-29-20-24-31(25-21-29)40(37,38)30-22-18-28(35)19-23-30/h14-25,32,35H,3-13H2,1-2H3,(H,34,36). The smallest absolute Gasteiger partial charge is 0.265 e. The van der Waals surface area contributed by atoms with E-state index in [1.807, 2.05) is 24.3 Å². The molecule has 0 saturated carbocycles. The summed E-state index contributed by atoms with van der Waals surface area (Å²) in [5.74, 6) is 0.218. The van der Waals surface area contributed by atoms with Crippen molar-refractivity contribution < 1.29 is 23.1 Å². The zero-order chi connectivity index (χ0) is 28.8. The molecule has 0 fully saturated rings. The van der Waals surface area contributed by atoms with Gasteiger partial charge in [0, 0.05) is 5.69 Å². The Bertz CT molecular complexity index is 1270. The monoisotopic (exact) mass is 565 g/mol. The molecule has 0 saturated heterocycles. The van der Waals surface area contributed by atoms with Crippen molar-refractivity contribution in [3.05, 3.63) is 78.4 Å². The molecular weight excluding hydrogens is 522 g/mol. The Kier molecular flexibility index (Phi) is 12.5. The zero-order valence-corrected chi connectivity index (χ0v) is 24.6. The van der Waals surface area contributed by atoms with E-state index >= 15 is 0 Å². The van der Waals surface area contributed by atoms with Crippen molar-refractivity contribution >= 4 is 21.4 Å². The van der Waals surface area contributed by atoms with E-state index in [9.17, 15) is 18.3 Å². The number of phenolic OH excluding ortho intramolecular Hbond substituents is 1. The minimum absolute atomic E-state index is 0.000381. The number of hydrogen-bond acceptors (Lipinski definition) is 5. The molecule has 3 aromatic carbocycles. The number of rotatable bonds is 17. The van der Waals surface area contributed by atoms with E-state index in [4.69, 9.17) is 4.74 Å². The summed E-state index contributed by atoms with van der Waals surface area (Å²) in [6, 6.07) is 19.4. The van der Waals surface area contributed by atoms with Gasteiger partial charge in [-0.05, 0) is 85.5 Å². The highest BCUT2D eigenvalue weighted by molar-refractivity contribution is 7.91. The number of nitrogens with one attached hydrogen (secondary N) is 1. The molecule has 0 aliphatic carbocycles. The highest BCUT2D eigenvalue weighted by Crippen LogP contribution is 2.26. The Balaban J connectivity index is 1.66. The maximum absolute atomic E-state index is 13.3. The Hall–Kier alpha value is -3.32. The third-order valence-corrected chi connectivity index (χ3v) is 8.72. The van der Waals surface area contributed by atoms with Crippen molar-refractivity contribution in [1.82, 2.24) is 0 Å². The predicted octanol–water partition coefficient (Wildman–Crippen LogP) is 8.09. The zero-order valence-electron chi connectivity index (χ0n) is 23.8. The lowest BCUT2D eigenvalue weighted by Gasteiger charge is -2.19. The van der Waals surface area contributed by atoms with Crippen molar-refractivity contribution in [1.29, 1.82) is 0 Å². The van der Waals surface area contributed by atoms with E-state index in [1.165, 1.54) is 74.1 Å². The van der Waals surface area contributed by atoms with Crippen LogP contribution in [0.4, 0.5) is 5.69 Å². The molecule has 6 nitrogen and oxygen atoms in total. The van der Waals surface area contributed by atoms with Gasteiger partial charge in [0.15, 0.2) is 6.10 Å². The first-order chi connectivity index (χ1) is 19.3. The highest BCUT2D eigenvalue weighted by Gasteiger charge is 2.22. The minimum atomic E-state index is -3.74. The number of unbranched alkanes of at least 4 members (excludes halogenated alkanes) is 7. The fourth-order valence-electron chi connectivity index (χ4n) is 4.60. The van der Waals surface area contributed by atoms with Gasteiger partial charge in [-0.2, -0.15) is 0 Å². The summed E-state index contributed by atoms with van der Waals surface area (Å²) in [7, 11) is -3.74. The Labute approximate surface area is 239 Å². The number of phenols is 1. The molecular formula is C33H43NO5S. The molecule has 1 unspecified atom stereocenters. The molecule has 2 N–H and O–H groups in total. The van der Waals surface area contributed by atoms with Gasteiger partial charge in [0.1, 0.15) is 11.5 Å². The van der Waals surface area contributed by atoms with Crippen molar-refractivity contribution in [2.45, 2.75) is 100 Å². The lowest BCUT2D eigenvalue weighted by Crippen LogP contribution is -2.33. The summed E-state index contributed by atoms with van der Waals surface area (Å²) in [5, 5.41) is 12.5. The molecule has 40 heavy (non-hydrogen) atoms. The molecule has 1 amide bonds. The number of sulfone groups is 1. The highest BCUT2D eigenvalue weighted by atomic mass is 32.2. The van der Waals surface area contributed by atoms with Crippen LogP contribution in [0.3, 0.4) is 0 Å². The van der Waals surface area contributed by atoms with Crippen LogP contribution in [0.5, 0.6) is 11.5 Å². The molecule has 0 heterocycles. The van der Waals surface area contributed by atoms with Crippen LogP contribution in [0.15, 0.2) is 82.6 Å². The summed E-state index contributed by atoms with van der Waals surface area (Å²) in [5.41, 5.74) is 1.96. The van der Waals surface area contributed by atoms with E-state index in [-0.39, 0.29) is 21.4 Å². The molecule has 0 aliphatic heterocycles. The third kappa shape index (κ3) is 9.70. The summed E-state index contributed by atoms with van der Waals surface area (Å²) in [6.45, 7) is 4.35. The summed E-state index contributed by atoms with van der Waals surface area (Å²) >= 11 is 0. The second-order valence-electron chi connectivity index (χ2n) is 10.3. The molecule has 3 aromatic rings.